The molecule has 1 fully saturated rings. The summed E-state index contributed by atoms with van der Waals surface area (Å²) in [5.74, 6) is 0.349. The molecule has 1 amide bonds. The summed E-state index contributed by atoms with van der Waals surface area (Å²) in [6, 6.07) is 27.3. The Hall–Kier alpha value is -3.16. The van der Waals surface area contributed by atoms with Crippen molar-refractivity contribution in [2.45, 2.75) is 26.0 Å². The monoisotopic (exact) mass is 478 g/mol. The van der Waals surface area contributed by atoms with E-state index < -0.39 is 10.0 Å². The van der Waals surface area contributed by atoms with Gasteiger partial charge in [0, 0.05) is 18.8 Å². The van der Waals surface area contributed by atoms with Gasteiger partial charge in [-0.2, -0.15) is 0 Å². The van der Waals surface area contributed by atoms with E-state index in [1.54, 1.807) is 4.90 Å². The minimum absolute atomic E-state index is 0.0519. The van der Waals surface area contributed by atoms with E-state index in [0.717, 1.165) is 22.6 Å². The van der Waals surface area contributed by atoms with E-state index in [1.807, 2.05) is 84.9 Å². The number of anilines is 1. The van der Waals surface area contributed by atoms with Crippen molar-refractivity contribution in [3.8, 4) is 5.75 Å². The summed E-state index contributed by atoms with van der Waals surface area (Å²) in [4.78, 5) is 15.3. The maximum absolute atomic E-state index is 13.6. The SMILES string of the molecule is CS(=O)(=O)N1CCCC(C(=O)N(Cc2ccc(OCc3ccccc3)cc2)c2ccccc2)C1. The first-order valence-electron chi connectivity index (χ1n) is 11.5. The Kier molecular flexibility index (Phi) is 7.65. The number of carbonyl (C=O) groups is 1. The van der Waals surface area contributed by atoms with Gasteiger partial charge in [-0.1, -0.05) is 60.7 Å². The van der Waals surface area contributed by atoms with Gasteiger partial charge in [0.2, 0.25) is 15.9 Å². The number of nitrogens with zero attached hydrogens (tertiary/aromatic N) is 2. The summed E-state index contributed by atoms with van der Waals surface area (Å²) < 4.78 is 31.4. The van der Waals surface area contributed by atoms with E-state index in [0.29, 0.717) is 32.5 Å². The third-order valence-corrected chi connectivity index (χ3v) is 7.32. The number of amides is 1. The number of sulfonamides is 1. The number of para-hydroxylation sites is 1. The predicted octanol–water partition coefficient (Wildman–Crippen LogP) is 4.47. The second kappa shape index (κ2) is 10.8. The molecule has 3 aromatic rings. The Morgan fingerprint density at radius 2 is 1.59 bits per heavy atom. The van der Waals surface area contributed by atoms with Crippen LogP contribution < -0.4 is 9.64 Å². The first-order valence-corrected chi connectivity index (χ1v) is 13.3. The lowest BCUT2D eigenvalue weighted by Gasteiger charge is -2.34. The van der Waals surface area contributed by atoms with Gasteiger partial charge in [-0.3, -0.25) is 4.79 Å². The average Bonchev–Trinajstić information content (AvgIpc) is 2.87. The molecule has 6 nitrogen and oxygen atoms in total. The van der Waals surface area contributed by atoms with E-state index in [2.05, 4.69) is 0 Å². The molecule has 7 heteroatoms. The fraction of sp³-hybridized carbons (Fsp3) is 0.296. The second-order valence-corrected chi connectivity index (χ2v) is 10.6. The highest BCUT2D eigenvalue weighted by Crippen LogP contribution is 2.26. The Labute approximate surface area is 201 Å². The quantitative estimate of drug-likeness (QED) is 0.479. The molecule has 1 heterocycles. The maximum atomic E-state index is 13.6. The maximum Gasteiger partial charge on any atom is 0.231 e. The first kappa shape index (κ1) is 24.0. The Balaban J connectivity index is 1.48. The van der Waals surface area contributed by atoms with Crippen molar-refractivity contribution in [3.63, 3.8) is 0 Å². The highest BCUT2D eigenvalue weighted by Gasteiger charge is 2.33. The standard InChI is InChI=1S/C27H30N2O4S/c1-34(31,32)28-18-8-11-24(20-28)27(30)29(25-12-6-3-7-13-25)19-22-14-16-26(17-15-22)33-21-23-9-4-2-5-10-23/h2-7,9-10,12-17,24H,8,11,18-21H2,1H3. The van der Waals surface area contributed by atoms with Gasteiger partial charge in [-0.25, -0.2) is 12.7 Å². The molecule has 1 aliphatic heterocycles. The van der Waals surface area contributed by atoms with E-state index >= 15 is 0 Å². The Morgan fingerprint density at radius 3 is 2.24 bits per heavy atom. The number of piperidine rings is 1. The molecule has 0 spiro atoms. The fourth-order valence-corrected chi connectivity index (χ4v) is 5.10. The molecule has 3 aromatic carbocycles. The summed E-state index contributed by atoms with van der Waals surface area (Å²) in [5, 5.41) is 0. The predicted molar refractivity (Wildman–Crippen MR) is 134 cm³/mol. The van der Waals surface area contributed by atoms with Crippen molar-refractivity contribution in [1.29, 1.82) is 0 Å². The minimum Gasteiger partial charge on any atom is -0.489 e. The zero-order valence-electron chi connectivity index (χ0n) is 19.3. The van der Waals surface area contributed by atoms with Gasteiger partial charge in [0.1, 0.15) is 12.4 Å². The van der Waals surface area contributed by atoms with E-state index in [1.165, 1.54) is 10.6 Å². The lowest BCUT2D eigenvalue weighted by atomic mass is 9.97. The molecule has 1 aliphatic rings. The van der Waals surface area contributed by atoms with E-state index in [4.69, 9.17) is 4.74 Å². The van der Waals surface area contributed by atoms with Crippen molar-refractivity contribution in [1.82, 2.24) is 4.31 Å². The van der Waals surface area contributed by atoms with Gasteiger partial charge >= 0.3 is 0 Å². The third-order valence-electron chi connectivity index (χ3n) is 6.05. The van der Waals surface area contributed by atoms with E-state index in [-0.39, 0.29) is 18.4 Å². The molecule has 0 N–H and O–H groups in total. The zero-order chi connectivity index (χ0) is 24.0. The highest BCUT2D eigenvalue weighted by molar-refractivity contribution is 7.88. The van der Waals surface area contributed by atoms with Gasteiger partial charge in [-0.15, -0.1) is 0 Å². The van der Waals surface area contributed by atoms with Crippen LogP contribution in [0.15, 0.2) is 84.9 Å². The molecule has 0 aromatic heterocycles. The van der Waals surface area contributed by atoms with E-state index in [9.17, 15) is 13.2 Å². The molecule has 178 valence electrons. The lowest BCUT2D eigenvalue weighted by Crippen LogP contribution is -2.46. The van der Waals surface area contributed by atoms with Crippen LogP contribution in [0.1, 0.15) is 24.0 Å². The topological polar surface area (TPSA) is 66.9 Å². The number of hydrogen-bond acceptors (Lipinski definition) is 4. The van der Waals surface area contributed by atoms with Crippen LogP contribution >= 0.6 is 0 Å². The van der Waals surface area contributed by atoms with Gasteiger partial charge in [0.15, 0.2) is 0 Å². The van der Waals surface area contributed by atoms with Crippen LogP contribution in [0.25, 0.3) is 0 Å². The summed E-state index contributed by atoms with van der Waals surface area (Å²) in [6.07, 6.45) is 2.57. The van der Waals surface area contributed by atoms with Crippen molar-refractivity contribution in [2.75, 3.05) is 24.2 Å². The van der Waals surface area contributed by atoms with Crippen molar-refractivity contribution in [2.24, 2.45) is 5.92 Å². The molecule has 1 atom stereocenters. The van der Waals surface area contributed by atoms with Crippen LogP contribution in [0.5, 0.6) is 5.75 Å². The van der Waals surface area contributed by atoms with Crippen LogP contribution in [0.4, 0.5) is 5.69 Å². The van der Waals surface area contributed by atoms with Crippen LogP contribution in [0.3, 0.4) is 0 Å². The van der Waals surface area contributed by atoms with Gasteiger partial charge in [-0.05, 0) is 48.2 Å². The largest absolute Gasteiger partial charge is 0.489 e. The molecular formula is C27H30N2O4S. The Morgan fingerprint density at radius 1 is 0.941 bits per heavy atom. The van der Waals surface area contributed by atoms with Gasteiger partial charge in [0.25, 0.3) is 0 Å². The molecule has 1 saturated heterocycles. The third kappa shape index (κ3) is 6.24. The Bertz CT molecular complexity index is 1180. The van der Waals surface area contributed by atoms with Crippen molar-refractivity contribution in [3.05, 3.63) is 96.1 Å². The number of ether oxygens (including phenoxy) is 1. The molecule has 0 saturated carbocycles. The average molecular weight is 479 g/mol. The molecule has 34 heavy (non-hydrogen) atoms. The molecule has 1 unspecified atom stereocenters. The van der Waals surface area contributed by atoms with Crippen LogP contribution in [-0.4, -0.2) is 38.0 Å². The lowest BCUT2D eigenvalue weighted by molar-refractivity contribution is -0.123. The van der Waals surface area contributed by atoms with Crippen molar-refractivity contribution < 1.29 is 17.9 Å². The zero-order valence-corrected chi connectivity index (χ0v) is 20.2. The van der Waals surface area contributed by atoms with Crippen LogP contribution in [0, 0.1) is 5.92 Å². The van der Waals surface area contributed by atoms with Crippen LogP contribution in [-0.2, 0) is 28.0 Å². The van der Waals surface area contributed by atoms with Gasteiger partial charge in [0.05, 0.1) is 18.7 Å². The summed E-state index contributed by atoms with van der Waals surface area (Å²) in [6.45, 7) is 1.59. The smallest absolute Gasteiger partial charge is 0.231 e. The first-order chi connectivity index (χ1) is 16.4. The summed E-state index contributed by atoms with van der Waals surface area (Å²) in [7, 11) is -3.32. The molecule has 4 rings (SSSR count). The van der Waals surface area contributed by atoms with Crippen molar-refractivity contribution >= 4 is 21.6 Å². The van der Waals surface area contributed by atoms with Crippen LogP contribution in [0.2, 0.25) is 0 Å². The summed E-state index contributed by atoms with van der Waals surface area (Å²) in [5.41, 5.74) is 2.87. The molecule has 0 aliphatic carbocycles. The number of carbonyl (C=O) groups excluding carboxylic acids is 1. The molecular weight excluding hydrogens is 448 g/mol. The summed E-state index contributed by atoms with van der Waals surface area (Å²) >= 11 is 0. The number of benzene rings is 3. The van der Waals surface area contributed by atoms with Gasteiger partial charge < -0.3 is 9.64 Å². The fourth-order valence-electron chi connectivity index (χ4n) is 4.18. The minimum atomic E-state index is -3.32. The molecule has 0 radical (unpaired) electrons. The highest BCUT2D eigenvalue weighted by atomic mass is 32.2. The second-order valence-electron chi connectivity index (χ2n) is 8.64. The normalized spacial score (nSPS) is 16.7. The number of rotatable bonds is 8. The molecule has 0 bridgehead atoms. The number of hydrogen-bond donors (Lipinski definition) is 0.